The number of hydrogen-bond acceptors (Lipinski definition) is 1. The Labute approximate surface area is 50.0 Å². The molecule has 0 bridgehead atoms. The van der Waals surface area contributed by atoms with Crippen LogP contribution in [0.2, 0.25) is 0 Å². The standard InChI is InChI=1S/C2HClF3NSi/c3-8(1-7)2(4,5)6/h8H. The monoisotopic (exact) mass is 159 g/mol. The van der Waals surface area contributed by atoms with Gasteiger partial charge in [-0.05, 0) is 0 Å². The summed E-state index contributed by atoms with van der Waals surface area (Å²) in [6.07, 6.45) is 0. The molecule has 6 heteroatoms. The lowest BCUT2D eigenvalue weighted by molar-refractivity contribution is -0.0472. The average molecular weight is 160 g/mol. The fraction of sp³-hybridized carbons (Fsp3) is 0.500. The molecule has 1 atom stereocenters. The highest BCUT2D eigenvalue weighted by atomic mass is 35.6. The van der Waals surface area contributed by atoms with Gasteiger partial charge in [-0.15, -0.1) is 11.1 Å². The molecule has 0 fully saturated rings. The normalized spacial score (nSPS) is 14.9. The number of hydrogen-bond donors (Lipinski definition) is 0. The second kappa shape index (κ2) is 2.37. The van der Waals surface area contributed by atoms with Crippen LogP contribution >= 0.6 is 11.1 Å². The zero-order valence-electron chi connectivity index (χ0n) is 3.54. The summed E-state index contributed by atoms with van der Waals surface area (Å²) in [5.74, 6) is -4.45. The minimum atomic E-state index is -4.45. The number of alkyl halides is 3. The van der Waals surface area contributed by atoms with E-state index in [0.717, 1.165) is 5.69 Å². The molecule has 0 aromatic carbocycles. The molecule has 0 radical (unpaired) electrons. The first-order valence-corrected chi connectivity index (χ1v) is 4.49. The largest absolute Gasteiger partial charge is 0.389 e. The van der Waals surface area contributed by atoms with Crippen LogP contribution in [0.4, 0.5) is 13.2 Å². The Hall–Kier alpha value is -0.213. The number of nitrogens with zero attached hydrogens (tertiary/aromatic N) is 1. The molecule has 1 nitrogen and oxygen atoms in total. The van der Waals surface area contributed by atoms with Gasteiger partial charge in [0.15, 0.2) is 0 Å². The molecule has 8 heavy (non-hydrogen) atoms. The smallest absolute Gasteiger partial charge is 0.205 e. The van der Waals surface area contributed by atoms with Crippen LogP contribution in [0.1, 0.15) is 0 Å². The van der Waals surface area contributed by atoms with Crippen molar-refractivity contribution in [1.82, 2.24) is 0 Å². The Morgan fingerprint density at radius 1 is 1.50 bits per heavy atom. The van der Waals surface area contributed by atoms with Crippen LogP contribution < -0.4 is 0 Å². The highest BCUT2D eigenvalue weighted by Gasteiger charge is 2.40. The first-order chi connectivity index (χ1) is 3.48. The molecule has 1 unspecified atom stereocenters. The van der Waals surface area contributed by atoms with Gasteiger partial charge in [-0.25, -0.2) is 5.26 Å². The SMILES string of the molecule is N#C[SiH](Cl)C(F)(F)F. The third-order valence-electron chi connectivity index (χ3n) is 0.401. The van der Waals surface area contributed by atoms with Gasteiger partial charge in [0.05, 0.1) is 5.69 Å². The second-order valence-corrected chi connectivity index (χ2v) is 3.98. The molecular weight excluding hydrogens is 159 g/mol. The van der Waals surface area contributed by atoms with Crippen LogP contribution in [0.15, 0.2) is 0 Å². The van der Waals surface area contributed by atoms with E-state index < -0.39 is 13.9 Å². The van der Waals surface area contributed by atoms with E-state index in [9.17, 15) is 13.2 Å². The number of rotatable bonds is 0. The van der Waals surface area contributed by atoms with Crippen molar-refractivity contribution >= 4 is 19.2 Å². The molecule has 0 aliphatic rings. The second-order valence-electron chi connectivity index (χ2n) is 1.03. The van der Waals surface area contributed by atoms with Gasteiger partial charge in [-0.1, -0.05) is 0 Å². The summed E-state index contributed by atoms with van der Waals surface area (Å²) in [4.78, 5) is 0. The summed E-state index contributed by atoms with van der Waals surface area (Å²) in [6, 6.07) is 0. The van der Waals surface area contributed by atoms with Crippen molar-refractivity contribution in [2.75, 3.05) is 0 Å². The molecule has 0 aromatic heterocycles. The van der Waals surface area contributed by atoms with Crippen molar-refractivity contribution < 1.29 is 13.2 Å². The van der Waals surface area contributed by atoms with Gasteiger partial charge in [0.25, 0.3) is 0 Å². The molecule has 0 amide bonds. The fourth-order valence-corrected chi connectivity index (χ4v) is 0.220. The Balaban J connectivity index is 3.87. The van der Waals surface area contributed by atoms with Crippen molar-refractivity contribution in [3.8, 4) is 5.69 Å². The number of halogens is 4. The van der Waals surface area contributed by atoms with E-state index in [1.165, 1.54) is 0 Å². The van der Waals surface area contributed by atoms with E-state index >= 15 is 0 Å². The van der Waals surface area contributed by atoms with E-state index in [1.807, 2.05) is 0 Å². The minimum Gasteiger partial charge on any atom is -0.205 e. The van der Waals surface area contributed by atoms with Crippen molar-refractivity contribution in [1.29, 1.82) is 5.26 Å². The van der Waals surface area contributed by atoms with Crippen LogP contribution in [0.25, 0.3) is 0 Å². The van der Waals surface area contributed by atoms with Crippen LogP contribution in [0, 0.1) is 11.0 Å². The van der Waals surface area contributed by atoms with Gasteiger partial charge in [-0.2, -0.15) is 13.2 Å². The highest BCUT2D eigenvalue weighted by molar-refractivity contribution is 7.12. The van der Waals surface area contributed by atoms with Crippen molar-refractivity contribution in [2.45, 2.75) is 5.80 Å². The molecule has 0 heterocycles. The predicted octanol–water partition coefficient (Wildman–Crippen LogP) is 1.11. The lowest BCUT2D eigenvalue weighted by atomic mass is 11.5. The molecule has 0 aliphatic heterocycles. The summed E-state index contributed by atoms with van der Waals surface area (Å²) < 4.78 is 33.5. The van der Waals surface area contributed by atoms with Gasteiger partial charge in [0.1, 0.15) is 0 Å². The topological polar surface area (TPSA) is 23.8 Å². The third kappa shape index (κ3) is 2.19. The summed E-state index contributed by atoms with van der Waals surface area (Å²) in [6.45, 7) is 0. The zero-order chi connectivity index (χ0) is 6.78. The molecule has 0 rings (SSSR count). The molecule has 0 spiro atoms. The third-order valence-corrected chi connectivity index (χ3v) is 2.24. The minimum absolute atomic E-state index is 0.984. The summed E-state index contributed by atoms with van der Waals surface area (Å²) in [5.41, 5.74) is 0.984. The van der Waals surface area contributed by atoms with E-state index in [1.54, 1.807) is 0 Å². The molecule has 0 aliphatic carbocycles. The first-order valence-electron chi connectivity index (χ1n) is 1.59. The Bertz CT molecular complexity index is 115. The Morgan fingerprint density at radius 3 is 1.88 bits per heavy atom. The van der Waals surface area contributed by atoms with Crippen molar-refractivity contribution in [2.24, 2.45) is 0 Å². The van der Waals surface area contributed by atoms with Gasteiger partial charge in [0, 0.05) is 0 Å². The van der Waals surface area contributed by atoms with E-state index in [4.69, 9.17) is 5.26 Å². The summed E-state index contributed by atoms with van der Waals surface area (Å²) >= 11 is 4.59. The van der Waals surface area contributed by atoms with Crippen LogP contribution in [0.5, 0.6) is 0 Å². The molecule has 0 saturated carbocycles. The maximum absolute atomic E-state index is 11.2. The maximum atomic E-state index is 11.2. The maximum Gasteiger partial charge on any atom is 0.389 e. The van der Waals surface area contributed by atoms with Crippen LogP contribution in [-0.4, -0.2) is 13.9 Å². The van der Waals surface area contributed by atoms with Gasteiger partial charge in [-0.3, -0.25) is 0 Å². The highest BCUT2D eigenvalue weighted by Crippen LogP contribution is 2.20. The Morgan fingerprint density at radius 2 is 1.88 bits per heavy atom. The lowest BCUT2D eigenvalue weighted by Gasteiger charge is -2.01. The predicted molar refractivity (Wildman–Crippen MR) is 24.7 cm³/mol. The molecule has 0 saturated heterocycles. The van der Waals surface area contributed by atoms with Gasteiger partial charge < -0.3 is 0 Å². The quantitative estimate of drug-likeness (QED) is 0.384. The van der Waals surface area contributed by atoms with Gasteiger partial charge >= 0.3 is 13.9 Å². The molecule has 46 valence electrons. The zero-order valence-corrected chi connectivity index (χ0v) is 5.45. The summed E-state index contributed by atoms with van der Waals surface area (Å²) in [7, 11) is -3.59. The van der Waals surface area contributed by atoms with Crippen molar-refractivity contribution in [3.63, 3.8) is 0 Å². The molecule has 0 N–H and O–H groups in total. The van der Waals surface area contributed by atoms with E-state index in [-0.39, 0.29) is 0 Å². The van der Waals surface area contributed by atoms with E-state index in [2.05, 4.69) is 11.1 Å². The van der Waals surface area contributed by atoms with Crippen LogP contribution in [0.3, 0.4) is 0 Å². The van der Waals surface area contributed by atoms with Gasteiger partial charge in [0.2, 0.25) is 0 Å². The first kappa shape index (κ1) is 7.79. The lowest BCUT2D eigenvalue weighted by Crippen LogP contribution is -2.26. The molecule has 0 aromatic rings. The van der Waals surface area contributed by atoms with E-state index in [0.29, 0.717) is 0 Å². The van der Waals surface area contributed by atoms with Crippen LogP contribution in [-0.2, 0) is 0 Å². The Kier molecular flexibility index (Phi) is 2.31. The summed E-state index contributed by atoms with van der Waals surface area (Å²) in [5, 5.41) is 7.63. The fourth-order valence-electron chi connectivity index (χ4n) is 0.0732. The number of nitriles is 1. The average Bonchev–Trinajstić information content (AvgIpc) is 1.62. The van der Waals surface area contributed by atoms with Crippen molar-refractivity contribution in [3.05, 3.63) is 0 Å². The molecular formula is C2HClF3NSi.